The molecule has 0 amide bonds. The molecule has 0 N–H and O–H groups in total. The number of hydrogen-bond acceptors (Lipinski definition) is 4. The van der Waals surface area contributed by atoms with Crippen LogP contribution in [-0.4, -0.2) is 0 Å². The van der Waals surface area contributed by atoms with Crippen LogP contribution in [0.3, 0.4) is 0 Å². The zero-order valence-electron chi connectivity index (χ0n) is 19.4. The molecule has 0 radical (unpaired) electrons. The van der Waals surface area contributed by atoms with E-state index < -0.39 is 7.82 Å². The molecule has 3 aromatic carbocycles. The Hall–Kier alpha value is -2.71. The predicted octanol–water partition coefficient (Wildman–Crippen LogP) is 7.86. The van der Waals surface area contributed by atoms with Crippen molar-refractivity contribution >= 4 is 7.82 Å². The van der Waals surface area contributed by atoms with Crippen molar-refractivity contribution in [1.29, 1.82) is 0 Å². The summed E-state index contributed by atoms with van der Waals surface area (Å²) in [5.41, 5.74) is 4.59. The summed E-state index contributed by atoms with van der Waals surface area (Å²) in [5.74, 6) is 1.43. The van der Waals surface area contributed by atoms with E-state index in [-0.39, 0.29) is 5.41 Å². The summed E-state index contributed by atoms with van der Waals surface area (Å²) in [4.78, 5) is 0. The highest BCUT2D eigenvalue weighted by Gasteiger charge is 2.35. The van der Waals surface area contributed by atoms with Gasteiger partial charge in [0.25, 0.3) is 0 Å². The molecule has 0 aromatic heterocycles. The Balaban J connectivity index is 2.00. The van der Waals surface area contributed by atoms with Crippen LogP contribution in [0.1, 0.15) is 48.6 Å². The number of rotatable bonds is 6. The molecule has 0 aliphatic heterocycles. The highest BCUT2D eigenvalue weighted by molar-refractivity contribution is 7.49. The largest absolute Gasteiger partial charge is 0.647 e. The molecule has 0 unspecified atom stereocenters. The fourth-order valence-corrected chi connectivity index (χ4v) is 4.83. The number of phosphoric acid groups is 1. The maximum absolute atomic E-state index is 13.9. The molecule has 0 heterocycles. The summed E-state index contributed by atoms with van der Waals surface area (Å²) in [5, 5.41) is 0. The Kier molecular flexibility index (Phi) is 6.52. The van der Waals surface area contributed by atoms with Gasteiger partial charge < -0.3 is 13.6 Å². The second-order valence-corrected chi connectivity index (χ2v) is 10.4. The summed E-state index contributed by atoms with van der Waals surface area (Å²) in [6.07, 6.45) is 0. The van der Waals surface area contributed by atoms with Gasteiger partial charge in [0.15, 0.2) is 0 Å². The lowest BCUT2D eigenvalue weighted by molar-refractivity contribution is 0.295. The molecule has 0 atom stereocenters. The van der Waals surface area contributed by atoms with Crippen molar-refractivity contribution in [3.63, 3.8) is 0 Å². The smallest absolute Gasteiger partial charge is 0.386 e. The van der Waals surface area contributed by atoms with Gasteiger partial charge in [-0.05, 0) is 73.1 Å². The van der Waals surface area contributed by atoms with Crippen LogP contribution < -0.4 is 13.6 Å². The van der Waals surface area contributed by atoms with Crippen LogP contribution in [0.2, 0.25) is 0 Å². The molecule has 0 bridgehead atoms. The minimum absolute atomic E-state index is 0.00571. The van der Waals surface area contributed by atoms with Gasteiger partial charge in [-0.15, -0.1) is 0 Å². The van der Waals surface area contributed by atoms with E-state index in [2.05, 4.69) is 20.8 Å². The second kappa shape index (κ2) is 8.80. The van der Waals surface area contributed by atoms with Gasteiger partial charge in [-0.2, -0.15) is 4.57 Å². The molecule has 0 saturated carbocycles. The number of benzene rings is 3. The first-order valence-corrected chi connectivity index (χ1v) is 11.9. The van der Waals surface area contributed by atoms with Crippen molar-refractivity contribution < 1.29 is 18.1 Å². The van der Waals surface area contributed by atoms with Crippen molar-refractivity contribution in [2.24, 2.45) is 0 Å². The van der Waals surface area contributed by atoms with Gasteiger partial charge in [-0.25, -0.2) is 0 Å². The zero-order chi connectivity index (χ0) is 22.8. The third kappa shape index (κ3) is 5.51. The van der Waals surface area contributed by atoms with Crippen LogP contribution >= 0.6 is 7.82 Å². The molecule has 0 aliphatic carbocycles. The minimum atomic E-state index is -4.05. The molecule has 0 aliphatic rings. The summed E-state index contributed by atoms with van der Waals surface area (Å²) in [6, 6.07) is 19.0. The summed E-state index contributed by atoms with van der Waals surface area (Å²) >= 11 is 0. The van der Waals surface area contributed by atoms with E-state index in [4.69, 9.17) is 13.6 Å². The number of aryl methyl sites for hydroxylation is 4. The molecule has 164 valence electrons. The van der Waals surface area contributed by atoms with Gasteiger partial charge in [0.2, 0.25) is 0 Å². The normalized spacial score (nSPS) is 11.8. The third-order valence-electron chi connectivity index (χ3n) is 5.16. The molecule has 3 rings (SSSR count). The zero-order valence-corrected chi connectivity index (χ0v) is 20.2. The molecule has 5 heteroatoms. The lowest BCUT2D eigenvalue weighted by atomic mass is 9.87. The first kappa shape index (κ1) is 23.0. The molecule has 3 aromatic rings. The lowest BCUT2D eigenvalue weighted by Gasteiger charge is -2.23. The maximum atomic E-state index is 13.9. The van der Waals surface area contributed by atoms with E-state index in [1.807, 2.05) is 76.2 Å². The standard InChI is InChI=1S/C26H31O4P/c1-18-10-8-11-19(2)24(18)29-31(27,30-25-20(3)12-9-13-21(25)4)28-23-16-14-22(15-17-23)26(5,6)7/h8-17H,1-7H3. The van der Waals surface area contributed by atoms with E-state index in [1.165, 1.54) is 0 Å². The number of phosphoric ester groups is 1. The molecular formula is C26H31O4P. The van der Waals surface area contributed by atoms with E-state index in [9.17, 15) is 4.57 Å². The van der Waals surface area contributed by atoms with Crippen molar-refractivity contribution in [2.45, 2.75) is 53.9 Å². The fourth-order valence-electron chi connectivity index (χ4n) is 3.31. The van der Waals surface area contributed by atoms with Crippen molar-refractivity contribution in [1.82, 2.24) is 0 Å². The predicted molar refractivity (Wildman–Crippen MR) is 126 cm³/mol. The SMILES string of the molecule is Cc1cccc(C)c1OP(=O)(Oc1ccc(C(C)(C)C)cc1)Oc1c(C)cccc1C. The number of hydrogen-bond donors (Lipinski definition) is 0. The van der Waals surface area contributed by atoms with Gasteiger partial charge in [0.05, 0.1) is 0 Å². The summed E-state index contributed by atoms with van der Waals surface area (Å²) < 4.78 is 31.8. The van der Waals surface area contributed by atoms with E-state index in [0.717, 1.165) is 27.8 Å². The first-order chi connectivity index (χ1) is 14.5. The van der Waals surface area contributed by atoms with Crippen LogP contribution in [0.4, 0.5) is 0 Å². The Morgan fingerprint density at radius 2 is 1.00 bits per heavy atom. The van der Waals surface area contributed by atoms with Crippen LogP contribution in [-0.2, 0) is 9.98 Å². The van der Waals surface area contributed by atoms with Crippen molar-refractivity contribution in [3.8, 4) is 17.2 Å². The molecule has 31 heavy (non-hydrogen) atoms. The van der Waals surface area contributed by atoms with Crippen LogP contribution in [0.5, 0.6) is 17.2 Å². The summed E-state index contributed by atoms with van der Waals surface area (Å²) in [7, 11) is -4.05. The molecule has 4 nitrogen and oxygen atoms in total. The van der Waals surface area contributed by atoms with E-state index in [0.29, 0.717) is 17.2 Å². The van der Waals surface area contributed by atoms with Gasteiger partial charge in [0, 0.05) is 0 Å². The van der Waals surface area contributed by atoms with Crippen molar-refractivity contribution in [2.75, 3.05) is 0 Å². The molecule has 0 fully saturated rings. The Labute approximate surface area is 185 Å². The second-order valence-electron chi connectivity index (χ2n) is 8.94. The van der Waals surface area contributed by atoms with Gasteiger partial charge in [-0.1, -0.05) is 69.3 Å². The third-order valence-corrected chi connectivity index (χ3v) is 6.41. The lowest BCUT2D eigenvalue weighted by Crippen LogP contribution is -2.12. The Bertz CT molecular complexity index is 1010. The molecule has 0 saturated heterocycles. The fraction of sp³-hybridized carbons (Fsp3) is 0.308. The van der Waals surface area contributed by atoms with Gasteiger partial charge in [0.1, 0.15) is 17.2 Å². The topological polar surface area (TPSA) is 44.8 Å². The Morgan fingerprint density at radius 3 is 1.35 bits per heavy atom. The number of para-hydroxylation sites is 2. The van der Waals surface area contributed by atoms with E-state index in [1.54, 1.807) is 12.1 Å². The quantitative estimate of drug-likeness (QED) is 0.367. The van der Waals surface area contributed by atoms with Crippen LogP contribution in [0.25, 0.3) is 0 Å². The highest BCUT2D eigenvalue weighted by Crippen LogP contribution is 2.52. The van der Waals surface area contributed by atoms with Crippen LogP contribution in [0.15, 0.2) is 60.7 Å². The first-order valence-electron chi connectivity index (χ1n) is 10.4. The van der Waals surface area contributed by atoms with Crippen LogP contribution in [0, 0.1) is 27.7 Å². The monoisotopic (exact) mass is 438 g/mol. The average Bonchev–Trinajstić information content (AvgIpc) is 2.68. The van der Waals surface area contributed by atoms with Gasteiger partial charge in [-0.3, -0.25) is 0 Å². The molecule has 0 spiro atoms. The van der Waals surface area contributed by atoms with Gasteiger partial charge >= 0.3 is 7.82 Å². The molecular weight excluding hydrogens is 407 g/mol. The highest BCUT2D eigenvalue weighted by atomic mass is 31.2. The van der Waals surface area contributed by atoms with E-state index >= 15 is 0 Å². The Morgan fingerprint density at radius 1 is 0.613 bits per heavy atom. The minimum Gasteiger partial charge on any atom is -0.386 e. The summed E-state index contributed by atoms with van der Waals surface area (Å²) in [6.45, 7) is 14.0. The average molecular weight is 439 g/mol. The van der Waals surface area contributed by atoms with Crippen molar-refractivity contribution in [3.05, 3.63) is 88.5 Å². The maximum Gasteiger partial charge on any atom is 0.647 e.